The van der Waals surface area contributed by atoms with Crippen LogP contribution in [-0.2, 0) is 29.6 Å². The van der Waals surface area contributed by atoms with E-state index in [2.05, 4.69) is 42.1 Å². The predicted octanol–water partition coefficient (Wildman–Crippen LogP) is 5.95. The van der Waals surface area contributed by atoms with Gasteiger partial charge in [-0.25, -0.2) is 0 Å². The molecule has 2 aliphatic rings. The molecule has 0 aliphatic carbocycles. The third kappa shape index (κ3) is 7.28. The van der Waals surface area contributed by atoms with Gasteiger partial charge in [0.15, 0.2) is 5.75 Å². The van der Waals surface area contributed by atoms with Crippen LogP contribution >= 0.6 is 0 Å². The number of aryl methyl sites for hydroxylation is 1. The lowest BCUT2D eigenvalue weighted by atomic mass is 9.87. The molecule has 30 heavy (non-hydrogen) atoms. The molecule has 1 N–H and O–H groups in total. The van der Waals surface area contributed by atoms with E-state index >= 15 is 0 Å². The summed E-state index contributed by atoms with van der Waals surface area (Å²) in [5, 5.41) is 3.09. The second-order valence-electron chi connectivity index (χ2n) is 7.72. The molecule has 2 aromatic heterocycles. The van der Waals surface area contributed by atoms with E-state index < -0.39 is 0 Å². The minimum atomic E-state index is 0.180. The molecule has 5 heteroatoms. The molecule has 0 unspecified atom stereocenters. The van der Waals surface area contributed by atoms with Crippen molar-refractivity contribution < 1.29 is 9.47 Å². The first-order valence-corrected chi connectivity index (χ1v) is 11.3. The average Bonchev–Trinajstić information content (AvgIpc) is 2.81. The lowest BCUT2D eigenvalue weighted by Crippen LogP contribution is -2.16. The zero-order valence-electron chi connectivity index (χ0n) is 20.3. The summed E-state index contributed by atoms with van der Waals surface area (Å²) in [6.07, 6.45) is 6.89. The second-order valence-corrected chi connectivity index (χ2v) is 7.72. The highest BCUT2D eigenvalue weighted by molar-refractivity contribution is 5.58. The Labute approximate surface area is 183 Å². The summed E-state index contributed by atoms with van der Waals surface area (Å²) in [7, 11) is 1.90. The standard InChI is InChI=1S/C12H17NO.C9H12N2O.2C2H6/c1-12(2,3)10-6-9-8-14-5-4-11(9)13-7-10;1-10-7-4-5-11-8-3-2-6-12-9(7)8;2*1-2/h6-7H,4-5,8H2,1-3H3;4-5H,2-3,6H2,1H3,(H,10,11);2*1-2H3. The maximum absolute atomic E-state index is 5.52. The number of rotatable bonds is 1. The third-order valence-electron chi connectivity index (χ3n) is 4.72. The lowest BCUT2D eigenvalue weighted by Gasteiger charge is -2.22. The van der Waals surface area contributed by atoms with Crippen molar-refractivity contribution in [3.8, 4) is 5.75 Å². The number of hydrogen-bond acceptors (Lipinski definition) is 5. The summed E-state index contributed by atoms with van der Waals surface area (Å²) >= 11 is 0. The molecule has 0 fully saturated rings. The highest BCUT2D eigenvalue weighted by atomic mass is 16.5. The zero-order valence-corrected chi connectivity index (χ0v) is 20.3. The maximum atomic E-state index is 5.52. The molecule has 0 atom stereocenters. The first-order valence-electron chi connectivity index (χ1n) is 11.3. The van der Waals surface area contributed by atoms with E-state index in [0.717, 1.165) is 56.2 Å². The number of fused-ring (bicyclic) bond motifs is 2. The Kier molecular flexibility index (Phi) is 11.4. The molecule has 4 heterocycles. The van der Waals surface area contributed by atoms with Gasteiger partial charge in [0, 0.05) is 31.6 Å². The number of nitrogens with zero attached hydrogens (tertiary/aromatic N) is 2. The quantitative estimate of drug-likeness (QED) is 0.623. The van der Waals surface area contributed by atoms with E-state index in [-0.39, 0.29) is 5.41 Å². The number of nitrogens with one attached hydrogen (secondary N) is 1. The van der Waals surface area contributed by atoms with Gasteiger partial charge in [0.1, 0.15) is 0 Å². The number of aromatic nitrogens is 2. The average molecular weight is 416 g/mol. The fraction of sp³-hybridized carbons (Fsp3) is 0.600. The Bertz CT molecular complexity index is 740. The van der Waals surface area contributed by atoms with Gasteiger partial charge in [-0.3, -0.25) is 9.97 Å². The summed E-state index contributed by atoms with van der Waals surface area (Å²) in [6, 6.07) is 4.17. The van der Waals surface area contributed by atoms with Gasteiger partial charge in [0.2, 0.25) is 0 Å². The van der Waals surface area contributed by atoms with Gasteiger partial charge < -0.3 is 14.8 Å². The molecule has 4 rings (SSSR count). The highest BCUT2D eigenvalue weighted by Gasteiger charge is 2.18. The molecule has 0 bridgehead atoms. The fourth-order valence-electron chi connectivity index (χ4n) is 3.09. The normalized spacial score (nSPS) is 14.0. The molecular weight excluding hydrogens is 374 g/mol. The van der Waals surface area contributed by atoms with Crippen LogP contribution < -0.4 is 10.1 Å². The van der Waals surface area contributed by atoms with Crippen molar-refractivity contribution in [2.75, 3.05) is 25.6 Å². The Balaban J connectivity index is 0.000000260. The first kappa shape index (κ1) is 25.9. The van der Waals surface area contributed by atoms with Crippen molar-refractivity contribution in [2.45, 2.75) is 79.8 Å². The van der Waals surface area contributed by atoms with E-state index in [1.54, 1.807) is 0 Å². The summed E-state index contributed by atoms with van der Waals surface area (Å²) in [5.74, 6) is 0.936. The van der Waals surface area contributed by atoms with Crippen molar-refractivity contribution in [1.29, 1.82) is 0 Å². The van der Waals surface area contributed by atoms with Crippen LogP contribution in [0.3, 0.4) is 0 Å². The summed E-state index contributed by atoms with van der Waals surface area (Å²) in [6.45, 7) is 17.0. The highest BCUT2D eigenvalue weighted by Crippen LogP contribution is 2.30. The molecule has 0 aromatic carbocycles. The van der Waals surface area contributed by atoms with Crippen LogP contribution in [-0.4, -0.2) is 30.2 Å². The van der Waals surface area contributed by atoms with E-state index in [1.165, 1.54) is 16.8 Å². The van der Waals surface area contributed by atoms with Crippen LogP contribution in [0, 0.1) is 0 Å². The first-order chi connectivity index (χ1) is 14.5. The summed E-state index contributed by atoms with van der Waals surface area (Å²) in [4.78, 5) is 8.77. The molecule has 0 radical (unpaired) electrons. The second kappa shape index (κ2) is 13.2. The van der Waals surface area contributed by atoms with Crippen molar-refractivity contribution in [2.24, 2.45) is 0 Å². The molecule has 168 valence electrons. The van der Waals surface area contributed by atoms with Gasteiger partial charge in [-0.1, -0.05) is 48.5 Å². The Hall–Kier alpha value is -2.14. The Morgan fingerprint density at radius 2 is 1.70 bits per heavy atom. The molecule has 5 nitrogen and oxygen atoms in total. The van der Waals surface area contributed by atoms with Crippen LogP contribution in [0.2, 0.25) is 0 Å². The van der Waals surface area contributed by atoms with Gasteiger partial charge >= 0.3 is 0 Å². The smallest absolute Gasteiger partial charge is 0.163 e. The van der Waals surface area contributed by atoms with Gasteiger partial charge in [0.05, 0.1) is 31.2 Å². The predicted molar refractivity (Wildman–Crippen MR) is 127 cm³/mol. The van der Waals surface area contributed by atoms with Crippen molar-refractivity contribution in [3.63, 3.8) is 0 Å². The van der Waals surface area contributed by atoms with Crippen molar-refractivity contribution >= 4 is 5.69 Å². The molecule has 0 saturated heterocycles. The zero-order chi connectivity index (χ0) is 22.6. The molecule has 2 aliphatic heterocycles. The van der Waals surface area contributed by atoms with Crippen LogP contribution in [0.5, 0.6) is 5.75 Å². The maximum Gasteiger partial charge on any atom is 0.163 e. The summed E-state index contributed by atoms with van der Waals surface area (Å²) in [5.41, 5.74) is 6.07. The monoisotopic (exact) mass is 415 g/mol. The fourth-order valence-corrected chi connectivity index (χ4v) is 3.09. The lowest BCUT2D eigenvalue weighted by molar-refractivity contribution is 0.109. The van der Waals surface area contributed by atoms with Crippen molar-refractivity contribution in [1.82, 2.24) is 9.97 Å². The van der Waals surface area contributed by atoms with E-state index in [4.69, 9.17) is 9.47 Å². The Morgan fingerprint density at radius 1 is 0.967 bits per heavy atom. The van der Waals surface area contributed by atoms with Crippen LogP contribution in [0.15, 0.2) is 24.5 Å². The van der Waals surface area contributed by atoms with E-state index in [0.29, 0.717) is 0 Å². The SMILES string of the molecule is CC.CC.CC(C)(C)c1cnc2c(c1)COCC2.CNc1ccnc2c1OCCC2. The van der Waals surface area contributed by atoms with Crippen LogP contribution in [0.4, 0.5) is 5.69 Å². The minimum Gasteiger partial charge on any atom is -0.489 e. The van der Waals surface area contributed by atoms with Gasteiger partial charge in [0.25, 0.3) is 0 Å². The van der Waals surface area contributed by atoms with Crippen molar-refractivity contribution in [3.05, 3.63) is 47.0 Å². The van der Waals surface area contributed by atoms with Crippen LogP contribution in [0.1, 0.15) is 77.4 Å². The Morgan fingerprint density at radius 3 is 2.37 bits per heavy atom. The third-order valence-corrected chi connectivity index (χ3v) is 4.72. The van der Waals surface area contributed by atoms with Gasteiger partial charge in [-0.05, 0) is 41.5 Å². The molecule has 0 saturated carbocycles. The van der Waals surface area contributed by atoms with Gasteiger partial charge in [-0.15, -0.1) is 0 Å². The van der Waals surface area contributed by atoms with E-state index in [1.807, 2.05) is 53.2 Å². The van der Waals surface area contributed by atoms with E-state index in [9.17, 15) is 0 Å². The molecular formula is C25H41N3O2. The number of hydrogen-bond donors (Lipinski definition) is 1. The number of anilines is 1. The molecule has 2 aromatic rings. The summed E-state index contributed by atoms with van der Waals surface area (Å²) < 4.78 is 10.9. The minimum absolute atomic E-state index is 0.180. The number of ether oxygens (including phenoxy) is 2. The van der Waals surface area contributed by atoms with Gasteiger partial charge in [-0.2, -0.15) is 0 Å². The number of pyridine rings is 2. The van der Waals surface area contributed by atoms with Crippen LogP contribution in [0.25, 0.3) is 0 Å². The molecule has 0 spiro atoms. The topological polar surface area (TPSA) is 56.3 Å². The molecule has 0 amide bonds. The largest absolute Gasteiger partial charge is 0.489 e.